The molecule has 7 heteroatoms. The van der Waals surface area contributed by atoms with Gasteiger partial charge in [0.15, 0.2) is 0 Å². The lowest BCUT2D eigenvalue weighted by Gasteiger charge is -2.21. The van der Waals surface area contributed by atoms with Gasteiger partial charge in [0.05, 0.1) is 5.92 Å². The van der Waals surface area contributed by atoms with Crippen LogP contribution in [0.5, 0.6) is 0 Å². The van der Waals surface area contributed by atoms with Crippen LogP contribution in [0, 0.1) is 11.8 Å². The van der Waals surface area contributed by atoms with E-state index in [1.54, 1.807) is 0 Å². The topological polar surface area (TPSA) is 105 Å². The maximum atomic E-state index is 12.9. The number of hydrogen-bond acceptors (Lipinski definition) is 4. The second-order valence-corrected chi connectivity index (χ2v) is 9.55. The first-order chi connectivity index (χ1) is 17.0. The number of hydrogen-bond donors (Lipinski definition) is 3. The van der Waals surface area contributed by atoms with Crippen LogP contribution < -0.4 is 10.6 Å². The summed E-state index contributed by atoms with van der Waals surface area (Å²) in [5.74, 6) is -1.63. The molecule has 2 unspecified atom stereocenters. The van der Waals surface area contributed by atoms with E-state index >= 15 is 0 Å². The Morgan fingerprint density at radius 2 is 1.69 bits per heavy atom. The summed E-state index contributed by atoms with van der Waals surface area (Å²) >= 11 is 0. The number of ether oxygens (including phenoxy) is 1. The molecule has 2 aromatic rings. The SMILES string of the molecule is CCCC[C@H](NC(=O)OCC1c2ccccc2-c2ccccc21)C(=O)NCC1CCCC1C(=O)O. The van der Waals surface area contributed by atoms with E-state index in [1.807, 2.05) is 31.2 Å². The fourth-order valence-electron chi connectivity index (χ4n) is 5.42. The van der Waals surface area contributed by atoms with Crippen molar-refractivity contribution in [2.75, 3.05) is 13.2 Å². The Balaban J connectivity index is 1.35. The van der Waals surface area contributed by atoms with Crippen LogP contribution in [0.2, 0.25) is 0 Å². The van der Waals surface area contributed by atoms with Crippen molar-refractivity contribution in [1.82, 2.24) is 10.6 Å². The molecular formula is C28H34N2O5. The van der Waals surface area contributed by atoms with E-state index in [0.29, 0.717) is 19.4 Å². The van der Waals surface area contributed by atoms with Gasteiger partial charge >= 0.3 is 12.1 Å². The third-order valence-electron chi connectivity index (χ3n) is 7.31. The molecule has 7 nitrogen and oxygen atoms in total. The van der Waals surface area contributed by atoms with Crippen LogP contribution in [0.3, 0.4) is 0 Å². The average Bonchev–Trinajstić information content (AvgIpc) is 3.47. The maximum Gasteiger partial charge on any atom is 0.407 e. The van der Waals surface area contributed by atoms with Crippen LogP contribution in [0.1, 0.15) is 62.5 Å². The van der Waals surface area contributed by atoms with Crippen molar-refractivity contribution in [3.63, 3.8) is 0 Å². The molecule has 3 N–H and O–H groups in total. The van der Waals surface area contributed by atoms with Gasteiger partial charge < -0.3 is 20.5 Å². The zero-order valence-corrected chi connectivity index (χ0v) is 20.2. The first kappa shape index (κ1) is 24.8. The van der Waals surface area contributed by atoms with E-state index in [-0.39, 0.29) is 24.3 Å². The highest BCUT2D eigenvalue weighted by Crippen LogP contribution is 2.44. The molecule has 0 spiro atoms. The highest BCUT2D eigenvalue weighted by Gasteiger charge is 2.34. The molecule has 186 valence electrons. The molecule has 2 aliphatic carbocycles. The Hall–Kier alpha value is -3.35. The fourth-order valence-corrected chi connectivity index (χ4v) is 5.42. The van der Waals surface area contributed by atoms with Crippen LogP contribution in [0.4, 0.5) is 4.79 Å². The smallest absolute Gasteiger partial charge is 0.407 e. The van der Waals surface area contributed by atoms with Gasteiger partial charge in [-0.2, -0.15) is 0 Å². The minimum absolute atomic E-state index is 0.0496. The lowest BCUT2D eigenvalue weighted by Crippen LogP contribution is -2.48. The number of carbonyl (C=O) groups excluding carboxylic acids is 2. The molecule has 2 amide bonds. The molecule has 2 aliphatic rings. The monoisotopic (exact) mass is 478 g/mol. The molecule has 35 heavy (non-hydrogen) atoms. The second kappa shape index (κ2) is 11.4. The number of amides is 2. The third kappa shape index (κ3) is 5.66. The maximum absolute atomic E-state index is 12.9. The Morgan fingerprint density at radius 1 is 1.03 bits per heavy atom. The Bertz CT molecular complexity index is 1020. The van der Waals surface area contributed by atoms with E-state index in [4.69, 9.17) is 4.74 Å². The highest BCUT2D eigenvalue weighted by atomic mass is 16.5. The predicted molar refractivity (Wildman–Crippen MR) is 133 cm³/mol. The highest BCUT2D eigenvalue weighted by molar-refractivity contribution is 5.86. The molecule has 0 saturated heterocycles. The molecule has 0 radical (unpaired) electrons. The molecule has 1 saturated carbocycles. The van der Waals surface area contributed by atoms with Crippen molar-refractivity contribution < 1.29 is 24.2 Å². The van der Waals surface area contributed by atoms with Gasteiger partial charge in [0.25, 0.3) is 0 Å². The number of carboxylic acids is 1. The van der Waals surface area contributed by atoms with Crippen molar-refractivity contribution in [2.24, 2.45) is 11.8 Å². The molecule has 0 bridgehead atoms. The number of rotatable bonds is 10. The van der Waals surface area contributed by atoms with Crippen molar-refractivity contribution in [3.05, 3.63) is 59.7 Å². The summed E-state index contributed by atoms with van der Waals surface area (Å²) < 4.78 is 5.62. The van der Waals surface area contributed by atoms with E-state index < -0.39 is 24.0 Å². The quantitative estimate of drug-likeness (QED) is 0.459. The van der Waals surface area contributed by atoms with Gasteiger partial charge in [-0.15, -0.1) is 0 Å². The Kier molecular flexibility index (Phi) is 8.06. The van der Waals surface area contributed by atoms with Gasteiger partial charge in [0.1, 0.15) is 12.6 Å². The molecule has 0 aromatic heterocycles. The summed E-state index contributed by atoms with van der Waals surface area (Å²) in [4.78, 5) is 37.0. The van der Waals surface area contributed by atoms with E-state index in [1.165, 1.54) is 0 Å². The number of aliphatic carboxylic acids is 1. The molecule has 4 rings (SSSR count). The zero-order valence-electron chi connectivity index (χ0n) is 20.2. The first-order valence-corrected chi connectivity index (χ1v) is 12.6. The standard InChI is InChI=1S/C28H34N2O5/c1-2-3-15-25(26(31)29-16-18-9-8-14-19(18)27(32)33)30-28(34)35-17-24-22-12-6-4-10-20(22)21-11-5-7-13-23(21)24/h4-7,10-13,18-19,24-25H,2-3,8-9,14-17H2,1H3,(H,29,31)(H,30,34)(H,32,33)/t18?,19?,25-/m0/s1. The van der Waals surface area contributed by atoms with Crippen LogP contribution in [0.25, 0.3) is 11.1 Å². The van der Waals surface area contributed by atoms with E-state index in [0.717, 1.165) is 47.9 Å². The van der Waals surface area contributed by atoms with E-state index in [9.17, 15) is 19.5 Å². The van der Waals surface area contributed by atoms with E-state index in [2.05, 4.69) is 34.9 Å². The fraction of sp³-hybridized carbons (Fsp3) is 0.464. The lowest BCUT2D eigenvalue weighted by atomic mass is 9.96. The summed E-state index contributed by atoms with van der Waals surface area (Å²) in [5, 5.41) is 15.0. The lowest BCUT2D eigenvalue weighted by molar-refractivity contribution is -0.143. The number of carboxylic acid groups (broad SMARTS) is 1. The molecule has 3 atom stereocenters. The molecule has 0 aliphatic heterocycles. The number of unbranched alkanes of at least 4 members (excludes halogenated alkanes) is 1. The van der Waals surface area contributed by atoms with Gasteiger partial charge in [0.2, 0.25) is 5.91 Å². The minimum atomic E-state index is -0.805. The Morgan fingerprint density at radius 3 is 2.31 bits per heavy atom. The predicted octanol–water partition coefficient (Wildman–Crippen LogP) is 4.70. The normalized spacial score (nSPS) is 19.5. The number of fused-ring (bicyclic) bond motifs is 3. The molecule has 2 aromatic carbocycles. The van der Waals surface area contributed by atoms with Crippen molar-refractivity contribution >= 4 is 18.0 Å². The third-order valence-corrected chi connectivity index (χ3v) is 7.31. The number of carbonyl (C=O) groups is 3. The number of nitrogens with one attached hydrogen (secondary N) is 2. The van der Waals surface area contributed by atoms with Crippen LogP contribution in [0.15, 0.2) is 48.5 Å². The van der Waals surface area contributed by atoms with Gasteiger partial charge in [-0.3, -0.25) is 9.59 Å². The average molecular weight is 479 g/mol. The van der Waals surface area contributed by atoms with Gasteiger partial charge in [-0.1, -0.05) is 74.7 Å². The zero-order chi connectivity index (χ0) is 24.8. The van der Waals surface area contributed by atoms with Crippen LogP contribution >= 0.6 is 0 Å². The van der Waals surface area contributed by atoms with Gasteiger partial charge in [-0.05, 0) is 47.4 Å². The summed E-state index contributed by atoms with van der Waals surface area (Å²) in [5.41, 5.74) is 4.57. The summed E-state index contributed by atoms with van der Waals surface area (Å²) in [6.07, 6.45) is 3.84. The van der Waals surface area contributed by atoms with Gasteiger partial charge in [-0.25, -0.2) is 4.79 Å². The van der Waals surface area contributed by atoms with Crippen molar-refractivity contribution in [1.29, 1.82) is 0 Å². The van der Waals surface area contributed by atoms with Crippen molar-refractivity contribution in [3.8, 4) is 11.1 Å². The summed E-state index contributed by atoms with van der Waals surface area (Å²) in [6.45, 7) is 2.52. The molecule has 0 heterocycles. The number of benzene rings is 2. The molecular weight excluding hydrogens is 444 g/mol. The van der Waals surface area contributed by atoms with Gasteiger partial charge in [0, 0.05) is 12.5 Å². The van der Waals surface area contributed by atoms with Crippen LogP contribution in [-0.2, 0) is 14.3 Å². The summed E-state index contributed by atoms with van der Waals surface area (Å²) in [6, 6.07) is 15.6. The first-order valence-electron chi connectivity index (χ1n) is 12.6. The Labute approximate surface area is 206 Å². The number of alkyl carbamates (subject to hydrolysis) is 1. The van der Waals surface area contributed by atoms with Crippen LogP contribution in [-0.4, -0.2) is 42.3 Å². The minimum Gasteiger partial charge on any atom is -0.481 e. The largest absolute Gasteiger partial charge is 0.481 e. The second-order valence-electron chi connectivity index (χ2n) is 9.55. The molecule has 1 fully saturated rings. The van der Waals surface area contributed by atoms with Crippen molar-refractivity contribution in [2.45, 2.75) is 57.4 Å². The summed E-state index contributed by atoms with van der Waals surface area (Å²) in [7, 11) is 0.